The van der Waals surface area contributed by atoms with Crippen molar-refractivity contribution in [2.75, 3.05) is 0 Å². The van der Waals surface area contributed by atoms with Crippen molar-refractivity contribution in [1.29, 1.82) is 0 Å². The minimum Gasteiger partial charge on any atom is -0.907 e. The van der Waals surface area contributed by atoms with Crippen LogP contribution in [-0.4, -0.2) is 14.6 Å². The molecule has 0 unspecified atom stereocenters. The van der Waals surface area contributed by atoms with Crippen molar-refractivity contribution in [3.63, 3.8) is 0 Å². The van der Waals surface area contributed by atoms with Crippen LogP contribution in [-0.2, 0) is 25.8 Å². The predicted molar refractivity (Wildman–Crippen MR) is 11.5 cm³/mol. The maximum atomic E-state index is 8.42. The first-order chi connectivity index (χ1) is 3.46. The molecular weight excluding hydrogens is 446 g/mol. The molecule has 0 atom stereocenters. The molecule has 11 heavy (non-hydrogen) atoms. The molecule has 0 rings (SSSR count). The predicted octanol–water partition coefficient (Wildman–Crippen LogP) is -7.90. The third-order valence-corrected chi connectivity index (χ3v) is 0. The van der Waals surface area contributed by atoms with E-state index in [9.17, 15) is 0 Å². The van der Waals surface area contributed by atoms with E-state index in [1.165, 1.54) is 0 Å². The van der Waals surface area contributed by atoms with Gasteiger partial charge in [-0.2, -0.15) is 0 Å². The summed E-state index contributed by atoms with van der Waals surface area (Å²) >= 11 is 0. The van der Waals surface area contributed by atoms with Gasteiger partial charge in [0.2, 0.25) is 0 Å². The Kier molecular flexibility index (Phi) is 61.9. The molecule has 0 amide bonds. The Morgan fingerprint density at radius 1 is 0.636 bits per heavy atom. The minimum absolute atomic E-state index is 0. The standard InChI is InChI=1S/2BO3.La.Nd.Sc/c2*2-1(3)4;;;/q2*-3;+3;;+3. The Morgan fingerprint density at radius 3 is 0.636 bits per heavy atom. The number of hydrogen-bond acceptors (Lipinski definition) is 6. The van der Waals surface area contributed by atoms with Gasteiger partial charge < -0.3 is 30.1 Å². The Balaban J connectivity index is -0.0000000171. The first kappa shape index (κ1) is 29.2. The van der Waals surface area contributed by atoms with Gasteiger partial charge in [0.15, 0.2) is 0 Å². The normalized spacial score (nSPS) is 4.91. The van der Waals surface area contributed by atoms with E-state index in [1.54, 1.807) is 0 Å². The first-order valence-corrected chi connectivity index (χ1v) is 1.41. The van der Waals surface area contributed by atoms with Crippen LogP contribution in [0.4, 0.5) is 0 Å². The molecule has 11 heteroatoms. The van der Waals surface area contributed by atoms with Crippen molar-refractivity contribution in [3.8, 4) is 0 Å². The van der Waals surface area contributed by atoms with Crippen LogP contribution in [0, 0.1) is 76.4 Å². The molecule has 0 spiro atoms. The summed E-state index contributed by atoms with van der Waals surface area (Å²) in [5.74, 6) is 0. The zero-order valence-corrected chi connectivity index (χ0v) is 13.9. The van der Waals surface area contributed by atoms with Gasteiger partial charge in [-0.15, -0.1) is 0 Å². The van der Waals surface area contributed by atoms with E-state index in [2.05, 4.69) is 0 Å². The molecule has 0 aromatic rings. The van der Waals surface area contributed by atoms with Crippen LogP contribution in [0.3, 0.4) is 0 Å². The summed E-state index contributed by atoms with van der Waals surface area (Å²) in [6.07, 6.45) is 0. The molecule has 0 heterocycles. The zero-order chi connectivity index (χ0) is 7.15. The van der Waals surface area contributed by atoms with Gasteiger partial charge in [-0.05, 0) is 0 Å². The topological polar surface area (TPSA) is 138 Å². The van der Waals surface area contributed by atoms with Crippen LogP contribution in [0.1, 0.15) is 0 Å². The largest absolute Gasteiger partial charge is 3.00 e. The van der Waals surface area contributed by atoms with Gasteiger partial charge >= 0.3 is 61.4 Å². The average molecular weight is 446 g/mol. The van der Waals surface area contributed by atoms with E-state index < -0.39 is 14.6 Å². The molecule has 0 saturated heterocycles. The van der Waals surface area contributed by atoms with Crippen LogP contribution in [0.5, 0.6) is 0 Å². The van der Waals surface area contributed by atoms with Gasteiger partial charge in [-0.1, -0.05) is 0 Å². The average Bonchev–Trinajstić information content (AvgIpc) is 1.25. The van der Waals surface area contributed by atoms with Crippen molar-refractivity contribution in [2.45, 2.75) is 0 Å². The number of hydrogen-bond donors (Lipinski definition) is 0. The van der Waals surface area contributed by atoms with E-state index in [4.69, 9.17) is 30.1 Å². The molecule has 0 aromatic carbocycles. The quantitative estimate of drug-likeness (QED) is 0.339. The fourth-order valence-corrected chi connectivity index (χ4v) is 0. The molecular formula is B2LaNdO6Sc. The molecule has 0 saturated carbocycles. The second-order valence-electron chi connectivity index (χ2n) is 0.577. The molecule has 0 aliphatic rings. The monoisotopic (exact) mass is 444 g/mol. The first-order valence-electron chi connectivity index (χ1n) is 1.41. The molecule has 52 valence electrons. The van der Waals surface area contributed by atoms with Crippen LogP contribution in [0.25, 0.3) is 0 Å². The van der Waals surface area contributed by atoms with Crippen molar-refractivity contribution >= 4 is 14.6 Å². The van der Waals surface area contributed by atoms with Gasteiger partial charge in [0.1, 0.15) is 0 Å². The second kappa shape index (κ2) is 23.3. The fraction of sp³-hybridized carbons (Fsp3) is 0. The summed E-state index contributed by atoms with van der Waals surface area (Å²) in [4.78, 5) is 0. The van der Waals surface area contributed by atoms with E-state index in [0.717, 1.165) is 0 Å². The van der Waals surface area contributed by atoms with E-state index in [1.807, 2.05) is 0 Å². The molecule has 0 fully saturated rings. The van der Waals surface area contributed by atoms with Crippen molar-refractivity contribution in [2.24, 2.45) is 0 Å². The molecule has 0 radical (unpaired) electrons. The summed E-state index contributed by atoms with van der Waals surface area (Å²) < 4.78 is 0. The molecule has 6 nitrogen and oxygen atoms in total. The molecule has 0 N–H and O–H groups in total. The van der Waals surface area contributed by atoms with E-state index in [-0.39, 0.29) is 102 Å². The smallest absolute Gasteiger partial charge is 0.907 e. The Hall–Kier alpha value is 3.31. The van der Waals surface area contributed by atoms with Gasteiger partial charge in [0.05, 0.1) is 0 Å². The molecule has 0 aliphatic heterocycles. The van der Waals surface area contributed by atoms with Crippen LogP contribution >= 0.6 is 0 Å². The fourth-order valence-electron chi connectivity index (χ4n) is 0. The van der Waals surface area contributed by atoms with Crippen molar-refractivity contribution < 1.29 is 132 Å². The third-order valence-electron chi connectivity index (χ3n) is 0. The molecule has 0 aromatic heterocycles. The summed E-state index contributed by atoms with van der Waals surface area (Å²) in [6, 6.07) is 0. The van der Waals surface area contributed by atoms with E-state index >= 15 is 0 Å². The Morgan fingerprint density at radius 2 is 0.636 bits per heavy atom. The second-order valence-corrected chi connectivity index (χ2v) is 0.577. The summed E-state index contributed by atoms with van der Waals surface area (Å²) in [5, 5.41) is 50.5. The summed E-state index contributed by atoms with van der Waals surface area (Å²) in [6.45, 7) is 0. The van der Waals surface area contributed by atoms with Crippen molar-refractivity contribution in [3.05, 3.63) is 0 Å². The Bertz CT molecular complexity index is 36.1. The maximum absolute atomic E-state index is 8.42. The van der Waals surface area contributed by atoms with Crippen molar-refractivity contribution in [1.82, 2.24) is 0 Å². The van der Waals surface area contributed by atoms with Crippen LogP contribution in [0.2, 0.25) is 0 Å². The SMILES string of the molecule is [La+3].[Nd].[O-]B([O-])[O-].[O-]B([O-])[O-].[Sc+3]. The minimum atomic E-state index is -2.92. The maximum Gasteiger partial charge on any atom is 3.00 e. The number of rotatable bonds is 0. The third kappa shape index (κ3) is 156. The summed E-state index contributed by atoms with van der Waals surface area (Å²) in [5.41, 5.74) is 0. The summed E-state index contributed by atoms with van der Waals surface area (Å²) in [7, 11) is -5.83. The van der Waals surface area contributed by atoms with Gasteiger partial charge in [-0.3, -0.25) is 14.6 Å². The van der Waals surface area contributed by atoms with Crippen LogP contribution < -0.4 is 30.1 Å². The van der Waals surface area contributed by atoms with Crippen LogP contribution in [0.15, 0.2) is 0 Å². The molecule has 0 aliphatic carbocycles. The van der Waals surface area contributed by atoms with E-state index in [0.29, 0.717) is 0 Å². The molecule has 0 bridgehead atoms. The van der Waals surface area contributed by atoms with Gasteiger partial charge in [-0.25, -0.2) is 0 Å². The Labute approximate surface area is 144 Å². The van der Waals surface area contributed by atoms with Gasteiger partial charge in [0, 0.05) is 40.8 Å². The van der Waals surface area contributed by atoms with Gasteiger partial charge in [0.25, 0.3) is 0 Å². The zero-order valence-electron chi connectivity index (χ0n) is 5.26.